The fourth-order valence-corrected chi connectivity index (χ4v) is 5.97. The SMILES string of the molecule is CC(=O)[O-].CCCCc1ccc([S+](c2ccc(CCCC)cc2)c2ccc(CCCC)cc2)cc1. The van der Waals surface area contributed by atoms with Gasteiger partial charge in [0.2, 0.25) is 0 Å². The maximum Gasteiger partial charge on any atom is 0.166 e. The van der Waals surface area contributed by atoms with Crippen LogP contribution in [0, 0.1) is 0 Å². The zero-order chi connectivity index (χ0) is 25.5. The van der Waals surface area contributed by atoms with Crippen molar-refractivity contribution < 1.29 is 9.90 Å². The predicted octanol–water partition coefficient (Wildman–Crippen LogP) is 7.57. The Kier molecular flexibility index (Phi) is 13.3. The first-order valence-corrected chi connectivity index (χ1v) is 14.4. The maximum absolute atomic E-state index is 8.89. The number of carbonyl (C=O) groups excluding carboxylic acids is 1. The zero-order valence-corrected chi connectivity index (χ0v) is 22.8. The summed E-state index contributed by atoms with van der Waals surface area (Å²) in [6, 6.07) is 28.3. The smallest absolute Gasteiger partial charge is 0.166 e. The van der Waals surface area contributed by atoms with Crippen molar-refractivity contribution in [3.63, 3.8) is 0 Å². The standard InChI is InChI=1S/C30H39S.C2H4O2/c1-4-7-10-25-13-19-28(20-14-25)31(29-21-15-26(16-22-29)11-8-5-2)30-23-17-27(18-24-30)12-9-6-3;1-2(3)4/h13-24H,4-12H2,1-3H3;1H3,(H,3,4)/q+1;/p-1. The van der Waals surface area contributed by atoms with Gasteiger partial charge in [-0.1, -0.05) is 76.4 Å². The molecule has 188 valence electrons. The second-order valence-corrected chi connectivity index (χ2v) is 11.1. The minimum atomic E-state index is -1.08. The number of aliphatic carboxylic acids is 1. The fraction of sp³-hybridized carbons (Fsp3) is 0.406. The van der Waals surface area contributed by atoms with Crippen molar-refractivity contribution in [1.82, 2.24) is 0 Å². The summed E-state index contributed by atoms with van der Waals surface area (Å²) in [5, 5.41) is 8.89. The molecule has 0 bridgehead atoms. The van der Waals surface area contributed by atoms with Gasteiger partial charge in [0, 0.05) is 5.97 Å². The molecule has 0 aliphatic heterocycles. The normalized spacial score (nSPS) is 10.7. The highest BCUT2D eigenvalue weighted by Crippen LogP contribution is 2.32. The molecule has 0 heterocycles. The van der Waals surface area contributed by atoms with Crippen molar-refractivity contribution in [2.24, 2.45) is 0 Å². The first kappa shape index (κ1) is 28.7. The van der Waals surface area contributed by atoms with Crippen LogP contribution in [-0.4, -0.2) is 5.97 Å². The van der Waals surface area contributed by atoms with E-state index >= 15 is 0 Å². The van der Waals surface area contributed by atoms with E-state index < -0.39 is 5.97 Å². The maximum atomic E-state index is 8.89. The number of hydrogen-bond donors (Lipinski definition) is 0. The Morgan fingerprint density at radius 1 is 0.571 bits per heavy atom. The third-order valence-electron chi connectivity index (χ3n) is 5.93. The van der Waals surface area contributed by atoms with E-state index in [4.69, 9.17) is 9.90 Å². The Morgan fingerprint density at radius 2 is 0.800 bits per heavy atom. The van der Waals surface area contributed by atoms with Gasteiger partial charge >= 0.3 is 0 Å². The third kappa shape index (κ3) is 10.3. The summed E-state index contributed by atoms with van der Waals surface area (Å²) in [7, 11) is -0.0566. The molecule has 2 nitrogen and oxygen atoms in total. The molecule has 3 aromatic carbocycles. The van der Waals surface area contributed by atoms with Gasteiger partial charge in [-0.05, 0) is 98.5 Å². The Labute approximate surface area is 216 Å². The summed E-state index contributed by atoms with van der Waals surface area (Å²) < 4.78 is 0. The Bertz CT molecular complexity index is 849. The van der Waals surface area contributed by atoms with Crippen molar-refractivity contribution in [2.75, 3.05) is 0 Å². The fourth-order valence-electron chi connectivity index (χ4n) is 3.93. The number of rotatable bonds is 12. The minimum Gasteiger partial charge on any atom is -0.550 e. The van der Waals surface area contributed by atoms with E-state index in [2.05, 4.69) is 93.6 Å². The van der Waals surface area contributed by atoms with Crippen LogP contribution in [0.4, 0.5) is 0 Å². The van der Waals surface area contributed by atoms with Crippen LogP contribution >= 0.6 is 0 Å². The molecule has 0 unspecified atom stereocenters. The summed E-state index contributed by atoms with van der Waals surface area (Å²) >= 11 is 0. The van der Waals surface area contributed by atoms with E-state index in [0.29, 0.717) is 0 Å². The topological polar surface area (TPSA) is 40.1 Å². The lowest BCUT2D eigenvalue weighted by molar-refractivity contribution is -0.302. The molecule has 0 radical (unpaired) electrons. The molecule has 3 rings (SSSR count). The van der Waals surface area contributed by atoms with Gasteiger partial charge in [-0.15, -0.1) is 0 Å². The molecule has 0 atom stereocenters. The molecule has 0 fully saturated rings. The lowest BCUT2D eigenvalue weighted by atomic mass is 10.1. The van der Waals surface area contributed by atoms with Crippen LogP contribution in [0.15, 0.2) is 87.5 Å². The number of aryl methyl sites for hydroxylation is 3. The van der Waals surface area contributed by atoms with E-state index in [1.807, 2.05) is 0 Å². The van der Waals surface area contributed by atoms with Crippen LogP contribution in [-0.2, 0) is 35.0 Å². The minimum absolute atomic E-state index is 0.0566. The van der Waals surface area contributed by atoms with Gasteiger partial charge in [-0.3, -0.25) is 0 Å². The zero-order valence-electron chi connectivity index (χ0n) is 22.0. The van der Waals surface area contributed by atoms with Gasteiger partial charge in [-0.2, -0.15) is 0 Å². The molecule has 35 heavy (non-hydrogen) atoms. The van der Waals surface area contributed by atoms with Gasteiger partial charge < -0.3 is 9.90 Å². The number of carbonyl (C=O) groups is 1. The molecule has 3 aromatic rings. The van der Waals surface area contributed by atoms with Gasteiger partial charge in [0.25, 0.3) is 0 Å². The highest BCUT2D eigenvalue weighted by atomic mass is 32.2. The Hall–Kier alpha value is -2.52. The van der Waals surface area contributed by atoms with Crippen molar-refractivity contribution in [2.45, 2.75) is 100 Å². The molecule has 0 saturated heterocycles. The van der Waals surface area contributed by atoms with E-state index in [1.165, 1.54) is 89.2 Å². The first-order valence-electron chi connectivity index (χ1n) is 13.2. The Morgan fingerprint density at radius 3 is 1.00 bits per heavy atom. The van der Waals surface area contributed by atoms with Crippen molar-refractivity contribution in [3.8, 4) is 0 Å². The molecule has 0 aromatic heterocycles. The molecule has 0 amide bonds. The molecular formula is C32H42O2S. The largest absolute Gasteiger partial charge is 0.550 e. The van der Waals surface area contributed by atoms with E-state index in [0.717, 1.165) is 6.92 Å². The molecular weight excluding hydrogens is 448 g/mol. The van der Waals surface area contributed by atoms with Crippen LogP contribution in [0.25, 0.3) is 0 Å². The van der Waals surface area contributed by atoms with Crippen LogP contribution < -0.4 is 5.11 Å². The van der Waals surface area contributed by atoms with Gasteiger partial charge in [0.1, 0.15) is 0 Å². The molecule has 0 spiro atoms. The summed E-state index contributed by atoms with van der Waals surface area (Å²) in [6.07, 6.45) is 11.1. The number of benzene rings is 3. The number of unbranched alkanes of at least 4 members (excludes halogenated alkanes) is 3. The summed E-state index contributed by atoms with van der Waals surface area (Å²) in [6.45, 7) is 7.76. The first-order chi connectivity index (χ1) is 17.0. The van der Waals surface area contributed by atoms with Gasteiger partial charge in [0.05, 0.1) is 10.9 Å². The molecule has 0 N–H and O–H groups in total. The average Bonchev–Trinajstić information content (AvgIpc) is 2.87. The Balaban J connectivity index is 0.00000100. The van der Waals surface area contributed by atoms with Crippen LogP contribution in [0.2, 0.25) is 0 Å². The summed E-state index contributed by atoms with van der Waals surface area (Å²) in [4.78, 5) is 13.1. The predicted molar refractivity (Wildman–Crippen MR) is 148 cm³/mol. The highest BCUT2D eigenvalue weighted by Gasteiger charge is 2.28. The lowest BCUT2D eigenvalue weighted by Crippen LogP contribution is -2.16. The second-order valence-electron chi connectivity index (χ2n) is 9.04. The molecule has 0 saturated carbocycles. The van der Waals surface area contributed by atoms with E-state index in [1.54, 1.807) is 0 Å². The third-order valence-corrected chi connectivity index (χ3v) is 8.16. The van der Waals surface area contributed by atoms with Crippen molar-refractivity contribution in [3.05, 3.63) is 89.5 Å². The summed E-state index contributed by atoms with van der Waals surface area (Å²) in [5.41, 5.74) is 4.37. The highest BCUT2D eigenvalue weighted by molar-refractivity contribution is 7.97. The number of carboxylic acid groups (broad SMARTS) is 1. The van der Waals surface area contributed by atoms with E-state index in [-0.39, 0.29) is 10.9 Å². The lowest BCUT2D eigenvalue weighted by Gasteiger charge is -2.10. The summed E-state index contributed by atoms with van der Waals surface area (Å²) in [5.74, 6) is -1.08. The quantitative estimate of drug-likeness (QED) is 0.246. The molecule has 0 aliphatic carbocycles. The molecule has 0 aliphatic rings. The molecule has 3 heteroatoms. The van der Waals surface area contributed by atoms with E-state index in [9.17, 15) is 0 Å². The van der Waals surface area contributed by atoms with Gasteiger partial charge in [-0.25, -0.2) is 0 Å². The number of hydrogen-bond acceptors (Lipinski definition) is 2. The van der Waals surface area contributed by atoms with Crippen molar-refractivity contribution in [1.29, 1.82) is 0 Å². The average molecular weight is 491 g/mol. The van der Waals surface area contributed by atoms with Crippen LogP contribution in [0.3, 0.4) is 0 Å². The van der Waals surface area contributed by atoms with Crippen molar-refractivity contribution >= 4 is 16.9 Å². The monoisotopic (exact) mass is 490 g/mol. The second kappa shape index (κ2) is 16.2. The van der Waals surface area contributed by atoms with Crippen LogP contribution in [0.5, 0.6) is 0 Å². The van der Waals surface area contributed by atoms with Gasteiger partial charge in [0.15, 0.2) is 14.7 Å². The van der Waals surface area contributed by atoms with Crippen LogP contribution in [0.1, 0.15) is 82.9 Å². The number of carboxylic acids is 1.